The van der Waals surface area contributed by atoms with Gasteiger partial charge in [-0.15, -0.1) is 0 Å². The Hall–Kier alpha value is -3.96. The van der Waals surface area contributed by atoms with Gasteiger partial charge in [-0.1, -0.05) is 12.1 Å². The topological polar surface area (TPSA) is 78.6 Å². The summed E-state index contributed by atoms with van der Waals surface area (Å²) in [6.45, 7) is 1.85. The van der Waals surface area contributed by atoms with E-state index >= 15 is 0 Å². The number of hydrogen-bond donors (Lipinski definition) is 0. The molecule has 0 bridgehead atoms. The third-order valence-corrected chi connectivity index (χ3v) is 5.15. The molecule has 6 nitrogen and oxygen atoms in total. The fourth-order valence-corrected chi connectivity index (χ4v) is 3.36. The Kier molecular flexibility index (Phi) is 7.95. The Balaban J connectivity index is 2.24. The predicted octanol–water partition coefficient (Wildman–Crippen LogP) is 4.41. The van der Waals surface area contributed by atoms with E-state index in [9.17, 15) is 18.8 Å². The van der Waals surface area contributed by atoms with Crippen molar-refractivity contribution in [2.24, 2.45) is 4.99 Å². The summed E-state index contributed by atoms with van der Waals surface area (Å²) in [5, 5.41) is 9.42. The molecule has 0 spiro atoms. The van der Waals surface area contributed by atoms with Crippen LogP contribution in [-0.4, -0.2) is 43.8 Å². The van der Waals surface area contributed by atoms with Crippen molar-refractivity contribution in [2.45, 2.75) is 13.0 Å². The number of carbonyl (C=O) groups is 1. The lowest BCUT2D eigenvalue weighted by atomic mass is 9.95. The number of hydrogen-bond acceptors (Lipinski definition) is 6. The van der Waals surface area contributed by atoms with Crippen LogP contribution < -0.4 is 4.90 Å². The molecule has 0 radical (unpaired) electrons. The first kappa shape index (κ1) is 23.7. The molecule has 0 aliphatic carbocycles. The average Bonchev–Trinajstić information content (AvgIpc) is 2.83. The molecule has 2 aromatic rings. The van der Waals surface area contributed by atoms with Crippen LogP contribution in [0.1, 0.15) is 18.1 Å². The minimum atomic E-state index is -0.725. The number of aliphatic imine (C=N–C) groups is 1. The Bertz CT molecular complexity index is 1180. The molecule has 1 aliphatic heterocycles. The summed E-state index contributed by atoms with van der Waals surface area (Å²) in [5.74, 6) is -1.27. The van der Waals surface area contributed by atoms with Crippen LogP contribution in [0.2, 0.25) is 0 Å². The second-order valence-electron chi connectivity index (χ2n) is 7.22. The zero-order valence-corrected chi connectivity index (χ0v) is 18.2. The number of allylic oxidation sites excluding steroid dienone is 2. The highest BCUT2D eigenvalue weighted by Gasteiger charge is 2.20. The number of aromatic nitrogens is 1. The largest absolute Gasteiger partial charge is 0.371 e. The molecule has 0 saturated carbocycles. The monoisotopic (exact) mass is 448 g/mol. The number of aldehydes is 1. The van der Waals surface area contributed by atoms with Gasteiger partial charge in [0.2, 0.25) is 0 Å². The van der Waals surface area contributed by atoms with Gasteiger partial charge in [0.25, 0.3) is 0 Å². The maximum absolute atomic E-state index is 14.2. The van der Waals surface area contributed by atoms with E-state index < -0.39 is 17.7 Å². The molecule has 168 valence electrons. The fraction of sp³-hybridized carbons (Fsp3) is 0.200. The van der Waals surface area contributed by atoms with E-state index in [2.05, 4.69) is 9.98 Å². The standard InChI is InChI=1S/C25H22F2N4O2/c1-17-22(11-18(15-32)21-6-3-7-24(27)23(21)12-28)25(16-33-10-8-19(26)13-30-17)31(2)20-5-4-9-29-14-20/h3-9,11,13-15,17H,10,16H2,1-2H3/b18-11+,19-8+,25-22+,30-13-. The predicted molar refractivity (Wildman–Crippen MR) is 123 cm³/mol. The van der Waals surface area contributed by atoms with E-state index in [1.165, 1.54) is 18.2 Å². The van der Waals surface area contributed by atoms with Crippen LogP contribution in [0.3, 0.4) is 0 Å². The molecule has 0 saturated heterocycles. The lowest BCUT2D eigenvalue weighted by Crippen LogP contribution is -2.25. The van der Waals surface area contributed by atoms with Crippen LogP contribution in [0.4, 0.5) is 14.5 Å². The van der Waals surface area contributed by atoms with Gasteiger partial charge in [0, 0.05) is 30.1 Å². The van der Waals surface area contributed by atoms with Gasteiger partial charge >= 0.3 is 0 Å². The van der Waals surface area contributed by atoms with E-state index in [0.29, 0.717) is 17.6 Å². The minimum absolute atomic E-state index is 0.0244. The van der Waals surface area contributed by atoms with Gasteiger partial charge in [-0.25, -0.2) is 8.78 Å². The van der Waals surface area contributed by atoms with Gasteiger partial charge in [0.05, 0.1) is 42.9 Å². The molecule has 0 N–H and O–H groups in total. The highest BCUT2D eigenvalue weighted by atomic mass is 19.1. The minimum Gasteiger partial charge on any atom is -0.371 e. The number of carbonyl (C=O) groups excluding carboxylic acids is 1. The summed E-state index contributed by atoms with van der Waals surface area (Å²) in [6, 6.07) is 8.95. The molecule has 3 rings (SSSR count). The first-order chi connectivity index (χ1) is 16.0. The molecule has 8 heteroatoms. The molecule has 1 unspecified atom stereocenters. The number of pyridine rings is 1. The van der Waals surface area contributed by atoms with E-state index in [1.54, 1.807) is 31.5 Å². The maximum atomic E-state index is 14.2. The first-order valence-corrected chi connectivity index (χ1v) is 10.2. The highest BCUT2D eigenvalue weighted by Crippen LogP contribution is 2.27. The maximum Gasteiger partial charge on any atom is 0.150 e. The van der Waals surface area contributed by atoms with E-state index in [-0.39, 0.29) is 29.9 Å². The zero-order chi connectivity index (χ0) is 23.8. The molecule has 1 aromatic heterocycles. The summed E-state index contributed by atoms with van der Waals surface area (Å²) < 4.78 is 33.8. The number of halogens is 2. The van der Waals surface area contributed by atoms with Crippen LogP contribution in [-0.2, 0) is 9.53 Å². The van der Waals surface area contributed by atoms with Crippen molar-refractivity contribution in [3.8, 4) is 6.07 Å². The molecular formula is C25H22F2N4O2. The zero-order valence-electron chi connectivity index (χ0n) is 18.2. The van der Waals surface area contributed by atoms with Crippen molar-refractivity contribution in [3.05, 3.63) is 88.9 Å². The van der Waals surface area contributed by atoms with Crippen LogP contribution in [0.25, 0.3) is 5.57 Å². The number of rotatable bonds is 5. The second-order valence-corrected chi connectivity index (χ2v) is 7.22. The van der Waals surface area contributed by atoms with Crippen LogP contribution in [0.15, 0.2) is 77.0 Å². The van der Waals surface area contributed by atoms with Crippen LogP contribution >= 0.6 is 0 Å². The van der Waals surface area contributed by atoms with Gasteiger partial charge in [-0.3, -0.25) is 14.8 Å². The van der Waals surface area contributed by atoms with Crippen molar-refractivity contribution in [2.75, 3.05) is 25.2 Å². The van der Waals surface area contributed by atoms with Gasteiger partial charge in [0.1, 0.15) is 17.7 Å². The summed E-state index contributed by atoms with van der Waals surface area (Å²) in [7, 11) is 1.81. The Morgan fingerprint density at radius 2 is 2.12 bits per heavy atom. The SMILES string of the molecule is CC1/N=C\C(F)=C/COC/C(N(C)c2cccnc2)=C1/C=C(\C=O)c1cccc(F)c1C#N. The Morgan fingerprint density at radius 1 is 1.30 bits per heavy atom. The Morgan fingerprint density at radius 3 is 2.82 bits per heavy atom. The fourth-order valence-electron chi connectivity index (χ4n) is 3.36. The lowest BCUT2D eigenvalue weighted by Gasteiger charge is -2.27. The van der Waals surface area contributed by atoms with Crippen molar-refractivity contribution >= 4 is 23.8 Å². The molecular weight excluding hydrogens is 426 g/mol. The molecule has 1 aliphatic rings. The van der Waals surface area contributed by atoms with E-state index in [0.717, 1.165) is 18.0 Å². The van der Waals surface area contributed by atoms with Crippen molar-refractivity contribution in [1.29, 1.82) is 5.26 Å². The second kappa shape index (κ2) is 11.1. The van der Waals surface area contributed by atoms with Crippen molar-refractivity contribution in [3.63, 3.8) is 0 Å². The third kappa shape index (κ3) is 5.64. The number of benzene rings is 1. The van der Waals surface area contributed by atoms with Crippen LogP contribution in [0.5, 0.6) is 0 Å². The van der Waals surface area contributed by atoms with Gasteiger partial charge in [-0.2, -0.15) is 5.26 Å². The van der Waals surface area contributed by atoms with E-state index in [4.69, 9.17) is 4.74 Å². The first-order valence-electron chi connectivity index (χ1n) is 10.2. The smallest absolute Gasteiger partial charge is 0.150 e. The van der Waals surface area contributed by atoms with Gasteiger partial charge < -0.3 is 9.64 Å². The molecule has 0 fully saturated rings. The molecule has 0 amide bonds. The van der Waals surface area contributed by atoms with Gasteiger partial charge in [0.15, 0.2) is 6.29 Å². The summed E-state index contributed by atoms with van der Waals surface area (Å²) in [5.41, 5.74) is 1.96. The molecule has 33 heavy (non-hydrogen) atoms. The number of nitrogens with zero attached hydrogens (tertiary/aromatic N) is 4. The van der Waals surface area contributed by atoms with Gasteiger partial charge in [-0.05, 0) is 42.8 Å². The number of ether oxygens (including phenoxy) is 1. The van der Waals surface area contributed by atoms with Crippen molar-refractivity contribution < 1.29 is 18.3 Å². The number of anilines is 1. The number of nitriles is 1. The summed E-state index contributed by atoms with van der Waals surface area (Å²) in [4.78, 5) is 22.3. The lowest BCUT2D eigenvalue weighted by molar-refractivity contribution is -0.103. The molecule has 1 atom stereocenters. The highest BCUT2D eigenvalue weighted by molar-refractivity contribution is 6.08. The van der Waals surface area contributed by atoms with E-state index in [1.807, 2.05) is 24.1 Å². The third-order valence-electron chi connectivity index (χ3n) is 5.15. The van der Waals surface area contributed by atoms with Crippen molar-refractivity contribution in [1.82, 2.24) is 4.98 Å². The quantitative estimate of drug-likeness (QED) is 0.500. The Labute approximate surface area is 190 Å². The normalized spacial score (nSPS) is 22.0. The summed E-state index contributed by atoms with van der Waals surface area (Å²) >= 11 is 0. The van der Waals surface area contributed by atoms with Crippen LogP contribution in [0, 0.1) is 17.1 Å². The summed E-state index contributed by atoms with van der Waals surface area (Å²) in [6.07, 6.45) is 7.79. The average molecular weight is 448 g/mol. The molecule has 2 heterocycles. The number of likely N-dealkylation sites (N-methyl/N-ethyl adjacent to an activating group) is 1. The molecule has 1 aromatic carbocycles.